The van der Waals surface area contributed by atoms with E-state index in [4.69, 9.17) is 0 Å². The van der Waals surface area contributed by atoms with Gasteiger partial charge in [0.05, 0.1) is 43.4 Å². The Morgan fingerprint density at radius 1 is 1.03 bits per heavy atom. The van der Waals surface area contributed by atoms with Gasteiger partial charge < -0.3 is 4.57 Å². The van der Waals surface area contributed by atoms with Crippen molar-refractivity contribution in [2.75, 3.05) is 5.75 Å². The van der Waals surface area contributed by atoms with Gasteiger partial charge in [-0.05, 0) is 29.8 Å². The van der Waals surface area contributed by atoms with Crippen molar-refractivity contribution in [2.24, 2.45) is 7.05 Å². The molecule has 174 valence electrons. The first-order valence-electron chi connectivity index (χ1n) is 9.50. The second-order valence-corrected chi connectivity index (χ2v) is 9.82. The average molecular weight is 503 g/mol. The molecule has 4 aromatic rings. The summed E-state index contributed by atoms with van der Waals surface area (Å²) in [6, 6.07) is 7.05. The van der Waals surface area contributed by atoms with Gasteiger partial charge in [-0.3, -0.25) is 4.21 Å². The number of rotatable bonds is 4. The fourth-order valence-electron chi connectivity index (χ4n) is 3.27. The van der Waals surface area contributed by atoms with Gasteiger partial charge in [-0.1, -0.05) is 19.1 Å². The maximum absolute atomic E-state index is 13.0. The minimum Gasteiger partial charge on any atom is -0.325 e. The van der Waals surface area contributed by atoms with E-state index in [-0.39, 0.29) is 11.3 Å². The Labute approximate surface area is 190 Å². The highest BCUT2D eigenvalue weighted by molar-refractivity contribution is 7.85. The molecule has 3 heterocycles. The molecule has 4 nitrogen and oxygen atoms in total. The highest BCUT2D eigenvalue weighted by atomic mass is 32.2. The Morgan fingerprint density at radius 2 is 1.70 bits per heavy atom. The molecule has 4 rings (SSSR count). The lowest BCUT2D eigenvalue weighted by Crippen LogP contribution is -2.07. The molecule has 0 saturated carbocycles. The number of benzene rings is 1. The lowest BCUT2D eigenvalue weighted by atomic mass is 10.1. The summed E-state index contributed by atoms with van der Waals surface area (Å²) in [5.41, 5.74) is -0.936. The zero-order chi connectivity index (χ0) is 24.1. The van der Waals surface area contributed by atoms with E-state index in [1.807, 2.05) is 0 Å². The van der Waals surface area contributed by atoms with Crippen LogP contribution in [0.4, 0.5) is 26.3 Å². The van der Waals surface area contributed by atoms with Crippen molar-refractivity contribution in [3.05, 3.63) is 53.9 Å². The normalized spacial score (nSPS) is 13.6. The van der Waals surface area contributed by atoms with E-state index in [9.17, 15) is 30.6 Å². The van der Waals surface area contributed by atoms with Crippen LogP contribution in [0.1, 0.15) is 18.2 Å². The first-order valence-corrected chi connectivity index (χ1v) is 11.6. The van der Waals surface area contributed by atoms with Crippen molar-refractivity contribution >= 4 is 33.2 Å². The molecule has 0 amide bonds. The molecule has 0 bridgehead atoms. The molecule has 0 N–H and O–H groups in total. The SMILES string of the molecule is CCS(=O)c1cc(-c2ccc(C(F)(F)F)cc2)sc1-c1nc2cc(C(F)(F)F)ncc2n1C. The van der Waals surface area contributed by atoms with Crippen molar-refractivity contribution in [3.8, 4) is 21.1 Å². The molecule has 0 aliphatic carbocycles. The number of alkyl halides is 6. The van der Waals surface area contributed by atoms with Crippen molar-refractivity contribution in [1.82, 2.24) is 14.5 Å². The number of aryl methyl sites for hydroxylation is 1. The van der Waals surface area contributed by atoms with Gasteiger partial charge in [-0.15, -0.1) is 11.3 Å². The average Bonchev–Trinajstić information content (AvgIpc) is 3.33. The Kier molecular flexibility index (Phi) is 5.85. The van der Waals surface area contributed by atoms with Crippen LogP contribution in [-0.4, -0.2) is 24.5 Å². The molecule has 0 saturated heterocycles. The minimum absolute atomic E-state index is 0.0764. The molecule has 33 heavy (non-hydrogen) atoms. The van der Waals surface area contributed by atoms with Crippen molar-refractivity contribution < 1.29 is 30.6 Å². The van der Waals surface area contributed by atoms with Crippen LogP contribution >= 0.6 is 11.3 Å². The van der Waals surface area contributed by atoms with E-state index in [0.29, 0.717) is 31.6 Å². The summed E-state index contributed by atoms with van der Waals surface area (Å²) in [5, 5.41) is 0. The summed E-state index contributed by atoms with van der Waals surface area (Å²) in [6.45, 7) is 1.71. The molecule has 1 atom stereocenters. The van der Waals surface area contributed by atoms with Gasteiger partial charge in [0.15, 0.2) is 5.82 Å². The number of imidazole rings is 1. The Bertz CT molecular complexity index is 1350. The first kappa shape index (κ1) is 23.4. The minimum atomic E-state index is -4.63. The summed E-state index contributed by atoms with van der Waals surface area (Å²) in [6.07, 6.45) is -8.01. The van der Waals surface area contributed by atoms with Crippen molar-refractivity contribution in [1.29, 1.82) is 0 Å². The number of hydrogen-bond donors (Lipinski definition) is 0. The quantitative estimate of drug-likeness (QED) is 0.298. The lowest BCUT2D eigenvalue weighted by molar-refractivity contribution is -0.141. The van der Waals surface area contributed by atoms with Crippen molar-refractivity contribution in [3.63, 3.8) is 0 Å². The van der Waals surface area contributed by atoms with E-state index in [1.165, 1.54) is 12.1 Å². The molecule has 0 fully saturated rings. The number of fused-ring (bicyclic) bond motifs is 1. The largest absolute Gasteiger partial charge is 0.433 e. The fourth-order valence-corrected chi connectivity index (χ4v) is 5.69. The molecular formula is C21H15F6N3OS2. The maximum atomic E-state index is 13.0. The predicted octanol–water partition coefficient (Wildman–Crippen LogP) is 6.53. The van der Waals surface area contributed by atoms with E-state index >= 15 is 0 Å². The van der Waals surface area contributed by atoms with Gasteiger partial charge in [0, 0.05) is 17.7 Å². The Morgan fingerprint density at radius 3 is 2.27 bits per heavy atom. The Balaban J connectivity index is 1.85. The Hall–Kier alpha value is -2.73. The lowest BCUT2D eigenvalue weighted by Gasteiger charge is -2.06. The number of halogens is 6. The van der Waals surface area contributed by atoms with Crippen LogP contribution in [0, 0.1) is 0 Å². The number of thiophene rings is 1. The molecule has 3 aromatic heterocycles. The van der Waals surface area contributed by atoms with E-state index in [0.717, 1.165) is 35.7 Å². The molecule has 0 radical (unpaired) electrons. The smallest absolute Gasteiger partial charge is 0.325 e. The summed E-state index contributed by atoms with van der Waals surface area (Å²) in [5.74, 6) is 0.575. The zero-order valence-corrected chi connectivity index (χ0v) is 18.7. The summed E-state index contributed by atoms with van der Waals surface area (Å²) >= 11 is 1.16. The number of nitrogens with zero attached hydrogens (tertiary/aromatic N) is 3. The monoisotopic (exact) mass is 503 g/mol. The van der Waals surface area contributed by atoms with E-state index in [2.05, 4.69) is 9.97 Å². The highest BCUT2D eigenvalue weighted by Gasteiger charge is 2.33. The molecule has 0 aliphatic rings. The van der Waals surface area contributed by atoms with Crippen LogP contribution in [0.3, 0.4) is 0 Å². The standard InChI is InChI=1S/C21H15F6N3OS2/c1-3-33(31)16-9-15(11-4-6-12(7-5-11)20(22,23)24)32-18(16)19-29-13-8-17(21(25,26)27)28-10-14(13)30(19)2/h4-10H,3H2,1-2H3. The molecule has 1 unspecified atom stereocenters. The van der Waals surface area contributed by atoms with Crippen LogP contribution < -0.4 is 0 Å². The van der Waals surface area contributed by atoms with Gasteiger partial charge in [-0.25, -0.2) is 9.97 Å². The molecule has 1 aromatic carbocycles. The van der Waals surface area contributed by atoms with Crippen LogP contribution in [0.25, 0.3) is 32.2 Å². The summed E-state index contributed by atoms with van der Waals surface area (Å²) in [4.78, 5) is 9.26. The molecule has 12 heteroatoms. The molecule has 0 spiro atoms. The van der Waals surface area contributed by atoms with Crippen LogP contribution in [0.15, 0.2) is 47.5 Å². The van der Waals surface area contributed by atoms with Gasteiger partial charge >= 0.3 is 12.4 Å². The van der Waals surface area contributed by atoms with Gasteiger partial charge in [0.25, 0.3) is 0 Å². The first-order chi connectivity index (χ1) is 15.4. The summed E-state index contributed by atoms with van der Waals surface area (Å²) in [7, 11) is 0.166. The third kappa shape index (κ3) is 4.41. The van der Waals surface area contributed by atoms with Crippen molar-refractivity contribution in [2.45, 2.75) is 24.2 Å². The topological polar surface area (TPSA) is 47.8 Å². The maximum Gasteiger partial charge on any atom is 0.433 e. The second kappa shape index (κ2) is 8.24. The van der Waals surface area contributed by atoms with Gasteiger partial charge in [-0.2, -0.15) is 26.3 Å². The van der Waals surface area contributed by atoms with Crippen LogP contribution in [0.2, 0.25) is 0 Å². The second-order valence-electron chi connectivity index (χ2n) is 7.06. The van der Waals surface area contributed by atoms with E-state index in [1.54, 1.807) is 24.6 Å². The zero-order valence-electron chi connectivity index (χ0n) is 17.1. The number of hydrogen-bond acceptors (Lipinski definition) is 4. The molecule has 0 aliphatic heterocycles. The van der Waals surface area contributed by atoms with Gasteiger partial charge in [0.2, 0.25) is 0 Å². The third-order valence-corrected chi connectivity index (χ3v) is 7.61. The molecular weight excluding hydrogens is 488 g/mol. The number of pyridine rings is 1. The predicted molar refractivity (Wildman–Crippen MR) is 114 cm³/mol. The number of aromatic nitrogens is 3. The highest BCUT2D eigenvalue weighted by Crippen LogP contribution is 2.41. The fraction of sp³-hybridized carbons (Fsp3) is 0.238. The van der Waals surface area contributed by atoms with Crippen LogP contribution in [-0.2, 0) is 30.2 Å². The van der Waals surface area contributed by atoms with E-state index < -0.39 is 34.4 Å². The summed E-state index contributed by atoms with van der Waals surface area (Å²) < 4.78 is 92.1. The third-order valence-electron chi connectivity index (χ3n) is 4.96. The van der Waals surface area contributed by atoms with Crippen LogP contribution in [0.5, 0.6) is 0 Å². The van der Waals surface area contributed by atoms with Gasteiger partial charge in [0.1, 0.15) is 5.69 Å².